The first-order valence-electron chi connectivity index (χ1n) is 9.50. The van der Waals surface area contributed by atoms with Crippen LogP contribution in [0.1, 0.15) is 65.2 Å². The van der Waals surface area contributed by atoms with Gasteiger partial charge in [0, 0.05) is 27.7 Å². The molecule has 27 heavy (non-hydrogen) atoms. The van der Waals surface area contributed by atoms with E-state index in [1.807, 2.05) is 44.2 Å². The molecule has 142 valence electrons. The van der Waals surface area contributed by atoms with Crippen molar-refractivity contribution in [1.29, 1.82) is 0 Å². The first-order chi connectivity index (χ1) is 13.0. The molecule has 0 bridgehead atoms. The Labute approximate surface area is 164 Å². The van der Waals surface area contributed by atoms with Gasteiger partial charge < -0.3 is 9.52 Å². The summed E-state index contributed by atoms with van der Waals surface area (Å²) in [5.74, 6) is 0.530. The van der Waals surface area contributed by atoms with Crippen molar-refractivity contribution in [3.8, 4) is 5.75 Å². The molecule has 0 aliphatic carbocycles. The quantitative estimate of drug-likeness (QED) is 0.546. The van der Waals surface area contributed by atoms with Crippen LogP contribution in [0.5, 0.6) is 5.75 Å². The minimum Gasteiger partial charge on any atom is -0.507 e. The molecule has 0 saturated heterocycles. The van der Waals surface area contributed by atoms with Gasteiger partial charge in [0.25, 0.3) is 0 Å². The lowest BCUT2D eigenvalue weighted by atomic mass is 9.92. The SMILES string of the molecule is CCC(Cc1ccccc1)c1cc(O)c(C(CC)c2ccc(C)s2)c(=O)o1. The summed E-state index contributed by atoms with van der Waals surface area (Å²) in [4.78, 5) is 15.1. The first kappa shape index (κ1) is 19.4. The first-order valence-corrected chi connectivity index (χ1v) is 10.3. The van der Waals surface area contributed by atoms with Crippen LogP contribution in [0.2, 0.25) is 0 Å². The summed E-state index contributed by atoms with van der Waals surface area (Å²) in [6.45, 7) is 6.14. The molecule has 0 aliphatic rings. The molecule has 0 saturated carbocycles. The van der Waals surface area contributed by atoms with Gasteiger partial charge in [0.2, 0.25) is 0 Å². The smallest absolute Gasteiger partial charge is 0.343 e. The van der Waals surface area contributed by atoms with Crippen LogP contribution >= 0.6 is 11.3 Å². The second-order valence-corrected chi connectivity index (χ2v) is 8.26. The Morgan fingerprint density at radius 2 is 1.81 bits per heavy atom. The second kappa shape index (κ2) is 8.57. The van der Waals surface area contributed by atoms with Gasteiger partial charge in [-0.15, -0.1) is 11.3 Å². The third-order valence-electron chi connectivity index (χ3n) is 5.07. The van der Waals surface area contributed by atoms with Crippen molar-refractivity contribution in [3.05, 3.63) is 85.6 Å². The van der Waals surface area contributed by atoms with E-state index in [9.17, 15) is 9.90 Å². The van der Waals surface area contributed by atoms with E-state index in [0.29, 0.717) is 11.3 Å². The molecule has 2 heterocycles. The maximum atomic E-state index is 12.8. The Kier molecular flexibility index (Phi) is 6.17. The van der Waals surface area contributed by atoms with Crippen molar-refractivity contribution in [2.75, 3.05) is 0 Å². The van der Waals surface area contributed by atoms with Crippen LogP contribution in [0.25, 0.3) is 0 Å². The van der Waals surface area contributed by atoms with Gasteiger partial charge in [-0.25, -0.2) is 4.79 Å². The minimum absolute atomic E-state index is 0.0469. The van der Waals surface area contributed by atoms with Gasteiger partial charge in [-0.1, -0.05) is 44.2 Å². The maximum absolute atomic E-state index is 12.8. The molecule has 3 rings (SSSR count). The largest absolute Gasteiger partial charge is 0.507 e. The van der Waals surface area contributed by atoms with Crippen LogP contribution in [0.4, 0.5) is 0 Å². The summed E-state index contributed by atoms with van der Waals surface area (Å²) < 4.78 is 5.71. The summed E-state index contributed by atoms with van der Waals surface area (Å²) >= 11 is 1.66. The van der Waals surface area contributed by atoms with E-state index in [1.165, 1.54) is 10.4 Å². The number of thiophene rings is 1. The molecule has 2 unspecified atom stereocenters. The third kappa shape index (κ3) is 4.33. The number of aromatic hydroxyl groups is 1. The Morgan fingerprint density at radius 1 is 1.07 bits per heavy atom. The number of benzene rings is 1. The highest BCUT2D eigenvalue weighted by atomic mass is 32.1. The molecule has 4 heteroatoms. The molecule has 0 aliphatic heterocycles. The van der Waals surface area contributed by atoms with E-state index < -0.39 is 5.63 Å². The van der Waals surface area contributed by atoms with E-state index >= 15 is 0 Å². The number of hydrogen-bond donors (Lipinski definition) is 1. The number of hydrogen-bond acceptors (Lipinski definition) is 4. The molecule has 3 aromatic rings. The third-order valence-corrected chi connectivity index (χ3v) is 6.18. The fourth-order valence-corrected chi connectivity index (χ4v) is 4.63. The van der Waals surface area contributed by atoms with Gasteiger partial charge in [-0.2, -0.15) is 0 Å². The summed E-state index contributed by atoms with van der Waals surface area (Å²) in [7, 11) is 0. The highest BCUT2D eigenvalue weighted by Crippen LogP contribution is 2.37. The van der Waals surface area contributed by atoms with Crippen molar-refractivity contribution in [2.45, 2.75) is 51.9 Å². The van der Waals surface area contributed by atoms with Gasteiger partial charge in [0.05, 0.1) is 5.56 Å². The molecule has 0 radical (unpaired) electrons. The van der Waals surface area contributed by atoms with Crippen molar-refractivity contribution in [3.63, 3.8) is 0 Å². The van der Waals surface area contributed by atoms with Gasteiger partial charge in [0.15, 0.2) is 0 Å². The topological polar surface area (TPSA) is 50.4 Å². The molecule has 1 aromatic carbocycles. The van der Waals surface area contributed by atoms with Crippen LogP contribution in [0, 0.1) is 6.92 Å². The van der Waals surface area contributed by atoms with Crippen molar-refractivity contribution in [2.24, 2.45) is 0 Å². The molecule has 0 fully saturated rings. The average Bonchev–Trinajstić information content (AvgIpc) is 3.09. The highest BCUT2D eigenvalue weighted by molar-refractivity contribution is 7.12. The monoisotopic (exact) mass is 382 g/mol. The normalized spacial score (nSPS) is 13.4. The van der Waals surface area contributed by atoms with Crippen molar-refractivity contribution < 1.29 is 9.52 Å². The summed E-state index contributed by atoms with van der Waals surface area (Å²) in [6.07, 6.45) is 2.34. The number of rotatable bonds is 7. The molecule has 2 atom stereocenters. The summed E-state index contributed by atoms with van der Waals surface area (Å²) in [5.41, 5.74) is 1.14. The van der Waals surface area contributed by atoms with E-state index in [2.05, 4.69) is 19.1 Å². The van der Waals surface area contributed by atoms with Crippen LogP contribution in [0.3, 0.4) is 0 Å². The zero-order valence-electron chi connectivity index (χ0n) is 16.1. The Hall–Kier alpha value is -2.33. The molecular formula is C23H26O3S. The van der Waals surface area contributed by atoms with E-state index in [-0.39, 0.29) is 17.6 Å². The fraction of sp³-hybridized carbons (Fsp3) is 0.348. The molecular weight excluding hydrogens is 356 g/mol. The Bertz CT molecular complexity index is 940. The lowest BCUT2D eigenvalue weighted by Gasteiger charge is -2.18. The van der Waals surface area contributed by atoms with Gasteiger partial charge >= 0.3 is 5.63 Å². The molecule has 1 N–H and O–H groups in total. The molecule has 0 amide bonds. The predicted molar refractivity (Wildman–Crippen MR) is 111 cm³/mol. The van der Waals surface area contributed by atoms with Gasteiger partial charge in [0.1, 0.15) is 11.5 Å². The van der Waals surface area contributed by atoms with Crippen LogP contribution < -0.4 is 5.63 Å². The average molecular weight is 383 g/mol. The predicted octanol–water partition coefficient (Wildman–Crippen LogP) is 5.99. The standard InChI is InChI=1S/C23H26O3S/c1-4-17(13-16-9-7-6-8-10-16)20-14-19(24)22(23(25)26-20)18(5-2)21-12-11-15(3)27-21/h6-12,14,17-18,24H,4-5,13H2,1-3H3. The maximum Gasteiger partial charge on any atom is 0.343 e. The highest BCUT2D eigenvalue weighted by Gasteiger charge is 2.25. The zero-order chi connectivity index (χ0) is 19.4. The number of aryl methyl sites for hydroxylation is 1. The van der Waals surface area contributed by atoms with E-state index in [1.54, 1.807) is 17.4 Å². The lowest BCUT2D eigenvalue weighted by Crippen LogP contribution is -2.15. The minimum atomic E-state index is -0.422. The zero-order valence-corrected chi connectivity index (χ0v) is 16.9. The Morgan fingerprint density at radius 3 is 2.37 bits per heavy atom. The van der Waals surface area contributed by atoms with Crippen LogP contribution in [-0.2, 0) is 6.42 Å². The molecule has 3 nitrogen and oxygen atoms in total. The lowest BCUT2D eigenvalue weighted by molar-refractivity contribution is 0.382. The van der Waals surface area contributed by atoms with Crippen LogP contribution in [-0.4, -0.2) is 5.11 Å². The summed E-state index contributed by atoms with van der Waals surface area (Å²) in [6, 6.07) is 15.9. The Balaban J connectivity index is 1.95. The van der Waals surface area contributed by atoms with Crippen molar-refractivity contribution >= 4 is 11.3 Å². The van der Waals surface area contributed by atoms with Crippen LogP contribution in [0.15, 0.2) is 57.7 Å². The van der Waals surface area contributed by atoms with Gasteiger partial charge in [-0.3, -0.25) is 0 Å². The second-order valence-electron chi connectivity index (χ2n) is 6.94. The summed E-state index contributed by atoms with van der Waals surface area (Å²) in [5, 5.41) is 10.7. The molecule has 2 aromatic heterocycles. The van der Waals surface area contributed by atoms with Crippen molar-refractivity contribution in [1.82, 2.24) is 0 Å². The van der Waals surface area contributed by atoms with E-state index in [4.69, 9.17) is 4.42 Å². The van der Waals surface area contributed by atoms with Gasteiger partial charge in [-0.05, 0) is 43.9 Å². The fourth-order valence-electron chi connectivity index (χ4n) is 3.56. The van der Waals surface area contributed by atoms with E-state index in [0.717, 1.165) is 24.1 Å². The molecule has 0 spiro atoms.